The summed E-state index contributed by atoms with van der Waals surface area (Å²) >= 11 is 1.61. The molecule has 0 fully saturated rings. The van der Waals surface area contributed by atoms with Gasteiger partial charge in [-0.1, -0.05) is 6.07 Å². The van der Waals surface area contributed by atoms with Crippen LogP contribution in [0.1, 0.15) is 27.4 Å². The van der Waals surface area contributed by atoms with Gasteiger partial charge >= 0.3 is 12.1 Å². The molecule has 0 bridgehead atoms. The Morgan fingerprint density at radius 3 is 2.47 bits per heavy atom. The van der Waals surface area contributed by atoms with Crippen molar-refractivity contribution in [2.24, 2.45) is 0 Å². The summed E-state index contributed by atoms with van der Waals surface area (Å²) in [6, 6.07) is 11.7. The van der Waals surface area contributed by atoms with Gasteiger partial charge in [-0.3, -0.25) is 14.2 Å². The monoisotopic (exact) mass is 542 g/mol. The summed E-state index contributed by atoms with van der Waals surface area (Å²) in [7, 11) is 0. The molecule has 0 aromatic carbocycles. The zero-order valence-corrected chi connectivity index (χ0v) is 20.7. The Labute approximate surface area is 218 Å². The van der Waals surface area contributed by atoms with E-state index in [0.29, 0.717) is 24.6 Å². The highest BCUT2D eigenvalue weighted by atomic mass is 32.1. The maximum atomic E-state index is 12.9. The van der Waals surface area contributed by atoms with Gasteiger partial charge in [0.25, 0.3) is 5.91 Å². The van der Waals surface area contributed by atoms with Crippen LogP contribution in [0.5, 0.6) is 0 Å². The molecule has 196 valence electrons. The van der Waals surface area contributed by atoms with Crippen LogP contribution in [0.2, 0.25) is 0 Å². The lowest BCUT2D eigenvalue weighted by Crippen LogP contribution is -2.23. The lowest BCUT2D eigenvalue weighted by atomic mass is 10.3. The van der Waals surface area contributed by atoms with Gasteiger partial charge in [0.05, 0.1) is 5.52 Å². The van der Waals surface area contributed by atoms with Gasteiger partial charge in [0.2, 0.25) is 0 Å². The number of aliphatic carboxylic acids is 1. The molecule has 1 amide bonds. The number of carbonyl (C=O) groups is 2. The van der Waals surface area contributed by atoms with E-state index in [-0.39, 0.29) is 5.91 Å². The van der Waals surface area contributed by atoms with Gasteiger partial charge in [0.1, 0.15) is 11.5 Å². The van der Waals surface area contributed by atoms with Crippen molar-refractivity contribution in [1.82, 2.24) is 29.2 Å². The lowest BCUT2D eigenvalue weighted by Gasteiger charge is -2.03. The molecular formula is C25H21F3N6O3S. The van der Waals surface area contributed by atoms with Crippen LogP contribution in [0.25, 0.3) is 17.0 Å². The van der Waals surface area contributed by atoms with Crippen molar-refractivity contribution >= 4 is 28.7 Å². The summed E-state index contributed by atoms with van der Waals surface area (Å²) in [6.07, 6.45) is 2.37. The number of aryl methyl sites for hydroxylation is 1. The number of aromatic nitrogens is 5. The topological polar surface area (TPSA) is 114 Å². The molecule has 5 rings (SSSR count). The van der Waals surface area contributed by atoms with Crippen LogP contribution in [0.4, 0.5) is 13.2 Å². The third-order valence-electron chi connectivity index (χ3n) is 5.35. The summed E-state index contributed by atoms with van der Waals surface area (Å²) in [5, 5.41) is 14.1. The Bertz CT molecular complexity index is 1550. The number of hydrogen-bond donors (Lipinski definition) is 2. The second-order valence-corrected chi connectivity index (χ2v) is 8.79. The molecule has 5 aromatic rings. The van der Waals surface area contributed by atoms with Gasteiger partial charge in [0, 0.05) is 37.9 Å². The van der Waals surface area contributed by atoms with Gasteiger partial charge in [-0.15, -0.1) is 0 Å². The minimum atomic E-state index is -5.08. The van der Waals surface area contributed by atoms with Crippen molar-refractivity contribution in [2.45, 2.75) is 26.2 Å². The van der Waals surface area contributed by atoms with E-state index in [0.717, 1.165) is 28.2 Å². The van der Waals surface area contributed by atoms with Gasteiger partial charge < -0.3 is 15.0 Å². The highest BCUT2D eigenvalue weighted by molar-refractivity contribution is 7.07. The molecule has 9 nitrogen and oxygen atoms in total. The molecule has 2 N–H and O–H groups in total. The number of pyridine rings is 2. The minimum Gasteiger partial charge on any atom is -0.475 e. The Morgan fingerprint density at radius 2 is 1.82 bits per heavy atom. The molecule has 0 aliphatic heterocycles. The summed E-state index contributed by atoms with van der Waals surface area (Å²) in [6.45, 7) is 3.14. The van der Waals surface area contributed by atoms with Gasteiger partial charge in [-0.05, 0) is 59.1 Å². The van der Waals surface area contributed by atoms with Crippen molar-refractivity contribution < 1.29 is 27.9 Å². The number of rotatable bonds is 6. The van der Waals surface area contributed by atoms with E-state index < -0.39 is 12.1 Å². The summed E-state index contributed by atoms with van der Waals surface area (Å²) in [5.74, 6) is -1.43. The summed E-state index contributed by atoms with van der Waals surface area (Å²) in [4.78, 5) is 35.3. The standard InChI is InChI=1S/C23H20N6OS.C2HF3O2/c1-16-26-19(14-28(16)13-17-5-8-24-9-6-17)22-27-21(20-4-2-3-10-29(20)22)23(30)25-12-18-7-11-31-15-18;3-2(4,5)1(6)7/h2-11,14-15H,12-13H2,1H3,(H,25,30);(H,6,7). The van der Waals surface area contributed by atoms with Crippen molar-refractivity contribution in [1.29, 1.82) is 0 Å². The van der Waals surface area contributed by atoms with E-state index in [1.807, 2.05) is 70.9 Å². The Hall–Kier alpha value is -4.52. The number of imidazole rings is 2. The molecule has 0 radical (unpaired) electrons. The smallest absolute Gasteiger partial charge is 0.475 e. The fourth-order valence-electron chi connectivity index (χ4n) is 3.51. The minimum absolute atomic E-state index is 0.200. The van der Waals surface area contributed by atoms with E-state index in [9.17, 15) is 18.0 Å². The van der Waals surface area contributed by atoms with Crippen LogP contribution in [-0.4, -0.2) is 47.1 Å². The number of alkyl halides is 3. The van der Waals surface area contributed by atoms with E-state index in [1.165, 1.54) is 0 Å². The molecule has 0 atom stereocenters. The molecule has 38 heavy (non-hydrogen) atoms. The number of fused-ring (bicyclic) bond motifs is 1. The summed E-state index contributed by atoms with van der Waals surface area (Å²) < 4.78 is 35.7. The fourth-order valence-corrected chi connectivity index (χ4v) is 4.17. The van der Waals surface area contributed by atoms with E-state index >= 15 is 0 Å². The molecule has 0 saturated carbocycles. The quantitative estimate of drug-likeness (QED) is 0.325. The average Bonchev–Trinajstić information content (AvgIpc) is 3.62. The number of hydrogen-bond acceptors (Lipinski definition) is 6. The number of carboxylic acids is 1. The van der Waals surface area contributed by atoms with Crippen LogP contribution in [0.3, 0.4) is 0 Å². The number of carboxylic acid groups (broad SMARTS) is 1. The third kappa shape index (κ3) is 6.24. The predicted molar refractivity (Wildman–Crippen MR) is 134 cm³/mol. The zero-order valence-electron chi connectivity index (χ0n) is 19.9. The van der Waals surface area contributed by atoms with Crippen molar-refractivity contribution in [2.75, 3.05) is 0 Å². The molecule has 5 heterocycles. The SMILES string of the molecule is Cc1nc(-c2nc(C(=O)NCc3ccsc3)c3ccccn23)cn1Cc1ccncc1.O=C(O)C(F)(F)F. The Kier molecular flexibility index (Phi) is 7.86. The number of nitrogens with zero attached hydrogens (tertiary/aromatic N) is 5. The number of carbonyl (C=O) groups excluding carboxylic acids is 1. The maximum Gasteiger partial charge on any atom is 0.490 e. The van der Waals surface area contributed by atoms with Crippen LogP contribution in [0, 0.1) is 6.92 Å². The van der Waals surface area contributed by atoms with Gasteiger partial charge in [-0.2, -0.15) is 24.5 Å². The third-order valence-corrected chi connectivity index (χ3v) is 6.08. The molecule has 0 saturated heterocycles. The first-order valence-electron chi connectivity index (χ1n) is 11.1. The largest absolute Gasteiger partial charge is 0.490 e. The van der Waals surface area contributed by atoms with Crippen molar-refractivity contribution in [3.05, 3.63) is 94.6 Å². The second kappa shape index (κ2) is 11.3. The van der Waals surface area contributed by atoms with E-state index in [1.54, 1.807) is 23.7 Å². The van der Waals surface area contributed by atoms with Crippen LogP contribution >= 0.6 is 11.3 Å². The molecular weight excluding hydrogens is 521 g/mol. The highest BCUT2D eigenvalue weighted by Crippen LogP contribution is 2.23. The summed E-state index contributed by atoms with van der Waals surface area (Å²) in [5.41, 5.74) is 4.09. The molecule has 0 aliphatic carbocycles. The number of amides is 1. The molecule has 5 aromatic heterocycles. The van der Waals surface area contributed by atoms with Gasteiger partial charge in [0.15, 0.2) is 11.5 Å². The predicted octanol–water partition coefficient (Wildman–Crippen LogP) is 4.57. The van der Waals surface area contributed by atoms with E-state index in [4.69, 9.17) is 14.9 Å². The highest BCUT2D eigenvalue weighted by Gasteiger charge is 2.38. The Balaban J connectivity index is 0.000000426. The lowest BCUT2D eigenvalue weighted by molar-refractivity contribution is -0.192. The van der Waals surface area contributed by atoms with E-state index in [2.05, 4.69) is 19.9 Å². The van der Waals surface area contributed by atoms with Crippen molar-refractivity contribution in [3.63, 3.8) is 0 Å². The molecule has 0 spiro atoms. The maximum absolute atomic E-state index is 12.9. The second-order valence-electron chi connectivity index (χ2n) is 8.01. The van der Waals surface area contributed by atoms with Gasteiger partial charge in [-0.25, -0.2) is 14.8 Å². The average molecular weight is 543 g/mol. The Morgan fingerprint density at radius 1 is 1.08 bits per heavy atom. The van der Waals surface area contributed by atoms with Crippen LogP contribution in [-0.2, 0) is 17.9 Å². The molecule has 0 aliphatic rings. The first-order valence-corrected chi connectivity index (χ1v) is 12.1. The molecule has 0 unspecified atom stereocenters. The zero-order chi connectivity index (χ0) is 27.3. The first kappa shape index (κ1) is 26.5. The first-order chi connectivity index (χ1) is 18.1. The number of halogens is 3. The van der Waals surface area contributed by atoms with Crippen LogP contribution < -0.4 is 5.32 Å². The fraction of sp³-hybridized carbons (Fsp3) is 0.160. The van der Waals surface area contributed by atoms with Crippen LogP contribution in [0.15, 0.2) is 71.9 Å². The number of thiophene rings is 1. The molecule has 13 heteroatoms. The number of nitrogens with one attached hydrogen (secondary N) is 1. The normalized spacial score (nSPS) is 11.2. The van der Waals surface area contributed by atoms with Crippen molar-refractivity contribution in [3.8, 4) is 11.5 Å².